The lowest BCUT2D eigenvalue weighted by atomic mass is 9.92. The van der Waals surface area contributed by atoms with Crippen LogP contribution in [0.1, 0.15) is 18.1 Å². The third-order valence-electron chi connectivity index (χ3n) is 3.38. The Labute approximate surface area is 133 Å². The van der Waals surface area contributed by atoms with Crippen molar-refractivity contribution in [3.05, 3.63) is 64.1 Å². The van der Waals surface area contributed by atoms with Crippen molar-refractivity contribution in [2.75, 3.05) is 5.32 Å². The fraction of sp³-hybridized carbons (Fsp3) is 0.235. The molecule has 0 fully saturated rings. The number of hydrogen-bond acceptors (Lipinski definition) is 2. The topological polar surface area (TPSA) is 49.3 Å². The van der Waals surface area contributed by atoms with Gasteiger partial charge in [0, 0.05) is 16.6 Å². The molecule has 1 atom stereocenters. The van der Waals surface area contributed by atoms with Crippen LogP contribution in [-0.2, 0) is 11.2 Å². The number of anilines is 1. The maximum atomic E-state index is 11.7. The maximum Gasteiger partial charge on any atom is 0.329 e. The average Bonchev–Trinajstić information content (AvgIpc) is 2.41. The molecule has 0 saturated heterocycles. The lowest BCUT2D eigenvalue weighted by Crippen LogP contribution is -2.45. The lowest BCUT2D eigenvalue weighted by molar-refractivity contribution is -0.141. The summed E-state index contributed by atoms with van der Waals surface area (Å²) >= 11 is 3.38. The monoisotopic (exact) mass is 347 g/mol. The predicted octanol–water partition coefficient (Wildman–Crippen LogP) is 4.26. The summed E-state index contributed by atoms with van der Waals surface area (Å²) in [7, 11) is 0. The molecule has 110 valence electrons. The van der Waals surface area contributed by atoms with Gasteiger partial charge in [-0.3, -0.25) is 0 Å². The number of carboxylic acids is 1. The van der Waals surface area contributed by atoms with Crippen molar-refractivity contribution in [3.63, 3.8) is 0 Å². The van der Waals surface area contributed by atoms with E-state index in [1.165, 1.54) is 0 Å². The van der Waals surface area contributed by atoms with Crippen LogP contribution in [0.25, 0.3) is 0 Å². The molecule has 3 nitrogen and oxygen atoms in total. The van der Waals surface area contributed by atoms with Crippen LogP contribution in [0.3, 0.4) is 0 Å². The van der Waals surface area contributed by atoms with E-state index in [0.29, 0.717) is 6.42 Å². The highest BCUT2D eigenvalue weighted by atomic mass is 79.9. The Morgan fingerprint density at radius 2 is 1.90 bits per heavy atom. The fourth-order valence-electron chi connectivity index (χ4n) is 2.23. The SMILES string of the molecule is Cc1cccc(NC(C)(Cc2ccc(Br)cc2)C(=O)O)c1. The minimum absolute atomic E-state index is 0.406. The van der Waals surface area contributed by atoms with Crippen LogP contribution in [0.15, 0.2) is 53.0 Å². The molecule has 2 rings (SSSR count). The van der Waals surface area contributed by atoms with Gasteiger partial charge in [0.25, 0.3) is 0 Å². The first kappa shape index (κ1) is 15.6. The highest BCUT2D eigenvalue weighted by Crippen LogP contribution is 2.22. The van der Waals surface area contributed by atoms with E-state index in [-0.39, 0.29) is 0 Å². The number of aliphatic carboxylic acids is 1. The molecule has 0 heterocycles. The van der Waals surface area contributed by atoms with Crippen molar-refractivity contribution in [1.29, 1.82) is 0 Å². The standard InChI is InChI=1S/C17H18BrNO2/c1-12-4-3-5-15(10-12)19-17(2,16(20)21)11-13-6-8-14(18)9-7-13/h3-10,19H,11H2,1-2H3,(H,20,21). The maximum absolute atomic E-state index is 11.7. The van der Waals surface area contributed by atoms with Gasteiger partial charge in [-0.2, -0.15) is 0 Å². The normalized spacial score (nSPS) is 13.5. The second kappa shape index (κ2) is 6.31. The predicted molar refractivity (Wildman–Crippen MR) is 88.7 cm³/mol. The van der Waals surface area contributed by atoms with E-state index in [1.54, 1.807) is 6.92 Å². The zero-order valence-electron chi connectivity index (χ0n) is 12.1. The summed E-state index contributed by atoms with van der Waals surface area (Å²) in [4.78, 5) is 11.7. The van der Waals surface area contributed by atoms with Crippen LogP contribution in [0.2, 0.25) is 0 Å². The summed E-state index contributed by atoms with van der Waals surface area (Å²) in [5.74, 6) is -0.869. The van der Waals surface area contributed by atoms with Crippen LogP contribution in [0.4, 0.5) is 5.69 Å². The molecule has 0 spiro atoms. The Hall–Kier alpha value is -1.81. The summed E-state index contributed by atoms with van der Waals surface area (Å²) in [6, 6.07) is 15.4. The Morgan fingerprint density at radius 3 is 2.48 bits per heavy atom. The van der Waals surface area contributed by atoms with E-state index in [2.05, 4.69) is 21.2 Å². The van der Waals surface area contributed by atoms with Crippen molar-refractivity contribution < 1.29 is 9.90 Å². The number of halogens is 1. The summed E-state index contributed by atoms with van der Waals surface area (Å²) in [5, 5.41) is 12.8. The van der Waals surface area contributed by atoms with Crippen molar-refractivity contribution >= 4 is 27.6 Å². The van der Waals surface area contributed by atoms with Crippen LogP contribution in [0.5, 0.6) is 0 Å². The van der Waals surface area contributed by atoms with Crippen molar-refractivity contribution in [1.82, 2.24) is 0 Å². The molecule has 2 aromatic rings. The Balaban J connectivity index is 2.23. The zero-order valence-corrected chi connectivity index (χ0v) is 13.6. The molecule has 4 heteroatoms. The highest BCUT2D eigenvalue weighted by molar-refractivity contribution is 9.10. The summed E-state index contributed by atoms with van der Waals surface area (Å²) < 4.78 is 0.981. The van der Waals surface area contributed by atoms with Gasteiger partial charge in [0.2, 0.25) is 0 Å². The van der Waals surface area contributed by atoms with Gasteiger partial charge in [0.15, 0.2) is 0 Å². The van der Waals surface area contributed by atoms with Gasteiger partial charge < -0.3 is 10.4 Å². The smallest absolute Gasteiger partial charge is 0.329 e. The summed E-state index contributed by atoms with van der Waals surface area (Å²) in [5.41, 5.74) is 1.83. The molecule has 1 unspecified atom stereocenters. The number of rotatable bonds is 5. The van der Waals surface area contributed by atoms with Crippen LogP contribution < -0.4 is 5.32 Å². The highest BCUT2D eigenvalue weighted by Gasteiger charge is 2.33. The molecule has 0 aliphatic carbocycles. The van der Waals surface area contributed by atoms with E-state index >= 15 is 0 Å². The Kier molecular flexibility index (Phi) is 4.68. The van der Waals surface area contributed by atoms with Crippen molar-refractivity contribution in [3.8, 4) is 0 Å². The minimum Gasteiger partial charge on any atom is -0.480 e. The molecule has 0 saturated carbocycles. The molecule has 0 aliphatic heterocycles. The molecule has 0 bridgehead atoms. The van der Waals surface area contributed by atoms with E-state index in [1.807, 2.05) is 55.5 Å². The van der Waals surface area contributed by atoms with Gasteiger partial charge in [-0.1, -0.05) is 40.2 Å². The van der Waals surface area contributed by atoms with Gasteiger partial charge >= 0.3 is 5.97 Å². The van der Waals surface area contributed by atoms with Gasteiger partial charge in [-0.05, 0) is 49.2 Å². The number of nitrogens with one attached hydrogen (secondary N) is 1. The molecule has 0 radical (unpaired) electrons. The zero-order chi connectivity index (χ0) is 15.5. The third-order valence-corrected chi connectivity index (χ3v) is 3.91. The summed E-state index contributed by atoms with van der Waals surface area (Å²) in [6.07, 6.45) is 0.406. The fourth-order valence-corrected chi connectivity index (χ4v) is 2.49. The molecule has 2 N–H and O–H groups in total. The molecule has 21 heavy (non-hydrogen) atoms. The third kappa shape index (κ3) is 4.08. The van der Waals surface area contributed by atoms with E-state index in [9.17, 15) is 9.90 Å². The minimum atomic E-state index is -1.05. The number of carbonyl (C=O) groups is 1. The number of aryl methyl sites for hydroxylation is 1. The van der Waals surface area contributed by atoms with Crippen LogP contribution in [0, 0.1) is 6.92 Å². The first-order valence-electron chi connectivity index (χ1n) is 6.72. The quantitative estimate of drug-likeness (QED) is 0.849. The Bertz CT molecular complexity index is 639. The first-order valence-corrected chi connectivity index (χ1v) is 7.51. The number of hydrogen-bond donors (Lipinski definition) is 2. The largest absolute Gasteiger partial charge is 0.480 e. The summed E-state index contributed by atoms with van der Waals surface area (Å²) in [6.45, 7) is 3.69. The second-order valence-electron chi connectivity index (χ2n) is 5.43. The van der Waals surface area contributed by atoms with Gasteiger partial charge in [0.1, 0.15) is 5.54 Å². The Morgan fingerprint density at radius 1 is 1.24 bits per heavy atom. The van der Waals surface area contributed by atoms with Crippen molar-refractivity contribution in [2.24, 2.45) is 0 Å². The first-order chi connectivity index (χ1) is 9.89. The van der Waals surface area contributed by atoms with Gasteiger partial charge in [-0.15, -0.1) is 0 Å². The van der Waals surface area contributed by atoms with E-state index in [4.69, 9.17) is 0 Å². The molecule has 2 aromatic carbocycles. The van der Waals surface area contributed by atoms with E-state index in [0.717, 1.165) is 21.3 Å². The molecular formula is C17H18BrNO2. The molecule has 0 amide bonds. The molecule has 0 aliphatic rings. The lowest BCUT2D eigenvalue weighted by Gasteiger charge is -2.28. The van der Waals surface area contributed by atoms with Crippen LogP contribution in [-0.4, -0.2) is 16.6 Å². The average molecular weight is 348 g/mol. The second-order valence-corrected chi connectivity index (χ2v) is 6.35. The van der Waals surface area contributed by atoms with E-state index < -0.39 is 11.5 Å². The number of benzene rings is 2. The molecular weight excluding hydrogens is 330 g/mol. The molecule has 0 aromatic heterocycles. The number of carboxylic acid groups (broad SMARTS) is 1. The van der Waals surface area contributed by atoms with Crippen molar-refractivity contribution in [2.45, 2.75) is 25.8 Å². The van der Waals surface area contributed by atoms with Gasteiger partial charge in [-0.25, -0.2) is 4.79 Å². The van der Waals surface area contributed by atoms with Gasteiger partial charge in [0.05, 0.1) is 0 Å². The van der Waals surface area contributed by atoms with Crippen LogP contribution >= 0.6 is 15.9 Å².